The Labute approximate surface area is 233 Å². The van der Waals surface area contributed by atoms with Crippen LogP contribution in [0.4, 0.5) is 11.8 Å². The molecule has 206 valence electrons. The van der Waals surface area contributed by atoms with Crippen LogP contribution in [0.15, 0.2) is 61.2 Å². The summed E-state index contributed by atoms with van der Waals surface area (Å²) in [6.45, 7) is 4.92. The molecule has 2 aliphatic heterocycles. The first-order chi connectivity index (χ1) is 19.7. The number of aromatic nitrogens is 4. The quantitative estimate of drug-likeness (QED) is 0.317. The summed E-state index contributed by atoms with van der Waals surface area (Å²) in [6, 6.07) is 14.2. The Kier molecular flexibility index (Phi) is 7.56. The normalized spacial score (nSPS) is 15.6. The van der Waals surface area contributed by atoms with Crippen molar-refractivity contribution in [3.8, 4) is 11.5 Å². The number of benzene rings is 2. The molecule has 40 heavy (non-hydrogen) atoms. The van der Waals surface area contributed by atoms with Gasteiger partial charge in [0.05, 0.1) is 19.2 Å². The molecule has 2 aromatic heterocycles. The van der Waals surface area contributed by atoms with Crippen LogP contribution in [0.2, 0.25) is 0 Å². The first-order valence-corrected chi connectivity index (χ1v) is 13.8. The van der Waals surface area contributed by atoms with Gasteiger partial charge in [0.15, 0.2) is 11.5 Å². The van der Waals surface area contributed by atoms with E-state index in [4.69, 9.17) is 9.47 Å². The zero-order chi connectivity index (χ0) is 27.3. The highest BCUT2D eigenvalue weighted by molar-refractivity contribution is 5.92. The molecule has 0 saturated carbocycles. The van der Waals surface area contributed by atoms with Gasteiger partial charge in [0.25, 0.3) is 0 Å². The van der Waals surface area contributed by atoms with Gasteiger partial charge in [-0.15, -0.1) is 0 Å². The highest BCUT2D eigenvalue weighted by atomic mass is 16.5. The minimum absolute atomic E-state index is 0.193. The van der Waals surface area contributed by atoms with Crippen LogP contribution in [0.25, 0.3) is 10.9 Å². The number of rotatable bonds is 9. The SMILES string of the molecule is COc1cc2c(N3CCN(c4ncc(Cc5ccccc5)cn4)CC3)ncnc2cc1OCCN1CCCC1=O. The summed E-state index contributed by atoms with van der Waals surface area (Å²) in [5.41, 5.74) is 3.14. The Morgan fingerprint density at radius 3 is 2.35 bits per heavy atom. The average molecular weight is 540 g/mol. The lowest BCUT2D eigenvalue weighted by molar-refractivity contribution is -0.128. The number of nitrogens with zero attached hydrogens (tertiary/aromatic N) is 7. The van der Waals surface area contributed by atoms with Crippen molar-refractivity contribution >= 4 is 28.6 Å². The summed E-state index contributed by atoms with van der Waals surface area (Å²) in [7, 11) is 1.63. The van der Waals surface area contributed by atoms with E-state index in [-0.39, 0.29) is 5.91 Å². The van der Waals surface area contributed by atoms with Crippen LogP contribution in [0, 0.1) is 0 Å². The van der Waals surface area contributed by atoms with Gasteiger partial charge >= 0.3 is 0 Å². The lowest BCUT2D eigenvalue weighted by Crippen LogP contribution is -2.47. The molecule has 4 heterocycles. The Hall–Kier alpha value is -4.47. The first-order valence-electron chi connectivity index (χ1n) is 13.8. The third-order valence-corrected chi connectivity index (χ3v) is 7.49. The van der Waals surface area contributed by atoms with Gasteiger partial charge in [-0.05, 0) is 23.6 Å². The molecule has 0 unspecified atom stereocenters. The van der Waals surface area contributed by atoms with Crippen LogP contribution in [0.1, 0.15) is 24.0 Å². The summed E-state index contributed by atoms with van der Waals surface area (Å²) in [4.78, 5) is 36.7. The number of amides is 1. The maximum atomic E-state index is 11.9. The molecule has 2 aromatic carbocycles. The highest BCUT2D eigenvalue weighted by Gasteiger charge is 2.23. The van der Waals surface area contributed by atoms with E-state index < -0.39 is 0 Å². The zero-order valence-electron chi connectivity index (χ0n) is 22.7. The second-order valence-electron chi connectivity index (χ2n) is 10.1. The van der Waals surface area contributed by atoms with E-state index in [2.05, 4.69) is 41.9 Å². The number of carbonyl (C=O) groups is 1. The van der Waals surface area contributed by atoms with Gasteiger partial charge in [-0.1, -0.05) is 30.3 Å². The molecule has 0 radical (unpaired) electrons. The molecule has 4 aromatic rings. The van der Waals surface area contributed by atoms with E-state index >= 15 is 0 Å². The minimum atomic E-state index is 0.193. The number of anilines is 2. The van der Waals surface area contributed by atoms with Crippen LogP contribution in [-0.4, -0.2) is 83.7 Å². The summed E-state index contributed by atoms with van der Waals surface area (Å²) < 4.78 is 11.7. The third kappa shape index (κ3) is 5.61. The van der Waals surface area contributed by atoms with Crippen LogP contribution < -0.4 is 19.3 Å². The number of ether oxygens (including phenoxy) is 2. The fourth-order valence-corrected chi connectivity index (χ4v) is 5.33. The van der Waals surface area contributed by atoms with Gasteiger partial charge in [-0.25, -0.2) is 19.9 Å². The number of carbonyl (C=O) groups excluding carboxylic acids is 1. The molecule has 0 spiro atoms. The molecular weight excluding hydrogens is 506 g/mol. The number of hydrogen-bond donors (Lipinski definition) is 0. The van der Waals surface area contributed by atoms with Gasteiger partial charge in [-0.3, -0.25) is 4.79 Å². The van der Waals surface area contributed by atoms with E-state index in [0.717, 1.165) is 73.8 Å². The van der Waals surface area contributed by atoms with Gasteiger partial charge in [0.1, 0.15) is 18.8 Å². The van der Waals surface area contributed by atoms with Crippen molar-refractivity contribution in [3.63, 3.8) is 0 Å². The fraction of sp³-hybridized carbons (Fsp3) is 0.367. The molecule has 6 rings (SSSR count). The van der Waals surface area contributed by atoms with E-state index in [1.54, 1.807) is 13.4 Å². The van der Waals surface area contributed by atoms with Gasteiger partial charge < -0.3 is 24.2 Å². The number of hydrogen-bond acceptors (Lipinski definition) is 9. The van der Waals surface area contributed by atoms with Crippen molar-refractivity contribution in [2.45, 2.75) is 19.3 Å². The summed E-state index contributed by atoms with van der Waals surface area (Å²) >= 11 is 0. The smallest absolute Gasteiger partial charge is 0.225 e. The molecule has 2 aliphatic rings. The van der Waals surface area contributed by atoms with Crippen molar-refractivity contribution in [2.75, 3.05) is 62.8 Å². The Balaban J connectivity index is 1.11. The summed E-state index contributed by atoms with van der Waals surface area (Å²) in [5, 5.41) is 0.913. The Bertz CT molecular complexity index is 1460. The van der Waals surface area contributed by atoms with Crippen molar-refractivity contribution < 1.29 is 14.3 Å². The van der Waals surface area contributed by atoms with E-state index in [0.29, 0.717) is 31.1 Å². The average Bonchev–Trinajstić information content (AvgIpc) is 3.41. The van der Waals surface area contributed by atoms with E-state index in [1.165, 1.54) is 5.56 Å². The number of methoxy groups -OCH3 is 1. The van der Waals surface area contributed by atoms with Crippen LogP contribution >= 0.6 is 0 Å². The molecule has 2 fully saturated rings. The van der Waals surface area contributed by atoms with Gasteiger partial charge in [0, 0.05) is 69.4 Å². The van der Waals surface area contributed by atoms with E-state index in [1.807, 2.05) is 47.6 Å². The van der Waals surface area contributed by atoms with E-state index in [9.17, 15) is 4.79 Å². The topological polar surface area (TPSA) is 96.8 Å². The zero-order valence-corrected chi connectivity index (χ0v) is 22.7. The molecule has 10 nitrogen and oxygen atoms in total. The van der Waals surface area contributed by atoms with Crippen molar-refractivity contribution in [2.24, 2.45) is 0 Å². The third-order valence-electron chi connectivity index (χ3n) is 7.49. The second kappa shape index (κ2) is 11.7. The number of piperazine rings is 1. The lowest BCUT2D eigenvalue weighted by atomic mass is 10.1. The molecule has 0 atom stereocenters. The van der Waals surface area contributed by atoms with Crippen molar-refractivity contribution in [3.05, 3.63) is 72.3 Å². The van der Waals surface area contributed by atoms with Crippen molar-refractivity contribution in [1.82, 2.24) is 24.8 Å². The molecule has 10 heteroatoms. The first kappa shape index (κ1) is 25.8. The second-order valence-corrected chi connectivity index (χ2v) is 10.1. The predicted molar refractivity (Wildman–Crippen MR) is 153 cm³/mol. The highest BCUT2D eigenvalue weighted by Crippen LogP contribution is 2.35. The molecule has 0 N–H and O–H groups in total. The number of fused-ring (bicyclic) bond motifs is 1. The fourth-order valence-electron chi connectivity index (χ4n) is 5.33. The monoisotopic (exact) mass is 539 g/mol. The molecular formula is C30H33N7O3. The molecule has 1 amide bonds. The maximum absolute atomic E-state index is 11.9. The predicted octanol–water partition coefficient (Wildman–Crippen LogP) is 3.35. The number of likely N-dealkylation sites (tertiary alicyclic amines) is 1. The molecule has 0 bridgehead atoms. The lowest BCUT2D eigenvalue weighted by Gasteiger charge is -2.35. The minimum Gasteiger partial charge on any atom is -0.493 e. The maximum Gasteiger partial charge on any atom is 0.225 e. The van der Waals surface area contributed by atoms with Crippen LogP contribution in [-0.2, 0) is 11.2 Å². The van der Waals surface area contributed by atoms with Gasteiger partial charge in [-0.2, -0.15) is 0 Å². The summed E-state index contributed by atoms with van der Waals surface area (Å²) in [6.07, 6.45) is 7.81. The Morgan fingerprint density at radius 2 is 1.62 bits per heavy atom. The van der Waals surface area contributed by atoms with Crippen molar-refractivity contribution in [1.29, 1.82) is 0 Å². The summed E-state index contributed by atoms with van der Waals surface area (Å²) in [5.74, 6) is 3.06. The standard InChI is InChI=1S/C30H33N7O3/c1-39-26-17-24-25(18-27(26)40-15-14-35-9-5-8-28(35)38)33-21-34-29(24)36-10-12-37(13-11-36)30-31-19-23(20-32-30)16-22-6-3-2-4-7-22/h2-4,6-7,17-21H,5,8-16H2,1H3. The van der Waals surface area contributed by atoms with Gasteiger partial charge in [0.2, 0.25) is 11.9 Å². The molecule has 0 aliphatic carbocycles. The largest absolute Gasteiger partial charge is 0.493 e. The van der Waals surface area contributed by atoms with Crippen LogP contribution in [0.5, 0.6) is 11.5 Å². The Morgan fingerprint density at radius 1 is 0.850 bits per heavy atom. The molecule has 2 saturated heterocycles. The van der Waals surface area contributed by atoms with Crippen LogP contribution in [0.3, 0.4) is 0 Å².